The molecule has 6 heteroatoms. The maximum atomic E-state index is 13.0. The molecule has 0 N–H and O–H groups in total. The van der Waals surface area contributed by atoms with Crippen LogP contribution in [-0.2, 0) is 6.42 Å². The molecule has 1 aromatic heterocycles. The monoisotopic (exact) mass is 391 g/mol. The molecule has 2 aromatic rings. The second-order valence-corrected chi connectivity index (χ2v) is 8.61. The van der Waals surface area contributed by atoms with Crippen LogP contribution in [0, 0.1) is 5.92 Å². The Hall–Kier alpha value is -2.76. The van der Waals surface area contributed by atoms with Gasteiger partial charge in [-0.25, -0.2) is 0 Å². The van der Waals surface area contributed by atoms with Gasteiger partial charge in [0.25, 0.3) is 5.91 Å². The number of benzene rings is 1. The first-order chi connectivity index (χ1) is 14.1. The molecule has 0 bridgehead atoms. The van der Waals surface area contributed by atoms with Crippen molar-refractivity contribution in [3.63, 3.8) is 0 Å². The molecule has 2 atom stereocenters. The van der Waals surface area contributed by atoms with Crippen molar-refractivity contribution >= 4 is 23.6 Å². The molecule has 0 spiro atoms. The largest absolute Gasteiger partial charge is 0.360 e. The first kappa shape index (κ1) is 18.3. The standard InChI is InChI=1S/C23H25N3O3/c1-14-10-15(11-21(27)20-13-22(29-25-20)17-3-4-17)7-9-26(14)23(28)18-5-2-16-6-8-24-19(16)12-18/h2,5,8,12-15,17H,3-4,6-7,9-11H2,1H3/t14-,15+/m0/s1. The van der Waals surface area contributed by atoms with E-state index in [9.17, 15) is 9.59 Å². The molecule has 1 aromatic carbocycles. The number of ketones is 1. The number of hydrogen-bond acceptors (Lipinski definition) is 5. The fourth-order valence-corrected chi connectivity index (χ4v) is 4.50. The van der Waals surface area contributed by atoms with Crippen molar-refractivity contribution < 1.29 is 14.1 Å². The number of nitrogens with zero attached hydrogens (tertiary/aromatic N) is 3. The van der Waals surface area contributed by atoms with Gasteiger partial charge in [0.2, 0.25) is 0 Å². The van der Waals surface area contributed by atoms with E-state index in [4.69, 9.17) is 4.52 Å². The highest BCUT2D eigenvalue weighted by atomic mass is 16.5. The number of Topliss-reactive ketones (excluding diaryl/α,β-unsaturated/α-hetero) is 1. The average Bonchev–Trinajstić information content (AvgIpc) is 3.26. The van der Waals surface area contributed by atoms with Crippen molar-refractivity contribution in [1.82, 2.24) is 10.1 Å². The Morgan fingerprint density at radius 2 is 2.07 bits per heavy atom. The Labute approximate surface area is 170 Å². The summed E-state index contributed by atoms with van der Waals surface area (Å²) in [6.07, 6.45) is 7.11. The zero-order valence-electron chi connectivity index (χ0n) is 16.6. The summed E-state index contributed by atoms with van der Waals surface area (Å²) in [6, 6.07) is 7.72. The fourth-order valence-electron chi connectivity index (χ4n) is 4.50. The van der Waals surface area contributed by atoms with Crippen molar-refractivity contribution in [1.29, 1.82) is 0 Å². The highest BCUT2D eigenvalue weighted by Crippen LogP contribution is 2.40. The summed E-state index contributed by atoms with van der Waals surface area (Å²) >= 11 is 0. The Bertz CT molecular complexity index is 989. The summed E-state index contributed by atoms with van der Waals surface area (Å²) in [4.78, 5) is 31.9. The van der Waals surface area contributed by atoms with E-state index in [-0.39, 0.29) is 23.7 Å². The molecular formula is C23H25N3O3. The Balaban J connectivity index is 1.20. The van der Waals surface area contributed by atoms with Crippen LogP contribution in [0.2, 0.25) is 0 Å². The van der Waals surface area contributed by atoms with Crippen molar-refractivity contribution in [3.8, 4) is 0 Å². The molecule has 1 aliphatic carbocycles. The molecule has 1 amide bonds. The third kappa shape index (κ3) is 3.63. The van der Waals surface area contributed by atoms with Gasteiger partial charge in [-0.05, 0) is 56.2 Å². The normalized spacial score (nSPS) is 23.3. The lowest BCUT2D eigenvalue weighted by atomic mass is 9.86. The number of aromatic nitrogens is 1. The maximum absolute atomic E-state index is 13.0. The first-order valence-electron chi connectivity index (χ1n) is 10.5. The molecule has 2 aliphatic heterocycles. The van der Waals surface area contributed by atoms with Crippen LogP contribution in [0.25, 0.3) is 0 Å². The van der Waals surface area contributed by atoms with E-state index in [1.165, 1.54) is 5.56 Å². The number of hydrogen-bond donors (Lipinski definition) is 0. The van der Waals surface area contributed by atoms with Crippen LogP contribution in [0.1, 0.15) is 77.1 Å². The van der Waals surface area contributed by atoms with E-state index < -0.39 is 0 Å². The number of rotatable bonds is 5. The maximum Gasteiger partial charge on any atom is 0.254 e. The van der Waals surface area contributed by atoms with Crippen molar-refractivity contribution in [3.05, 3.63) is 46.8 Å². The van der Waals surface area contributed by atoms with Crippen LogP contribution in [0.15, 0.2) is 33.8 Å². The summed E-state index contributed by atoms with van der Waals surface area (Å²) in [5.74, 6) is 1.68. The van der Waals surface area contributed by atoms with E-state index in [2.05, 4.69) is 17.1 Å². The van der Waals surface area contributed by atoms with Crippen molar-refractivity contribution in [2.75, 3.05) is 6.54 Å². The van der Waals surface area contributed by atoms with Gasteiger partial charge in [-0.1, -0.05) is 11.2 Å². The number of carbonyl (C=O) groups excluding carboxylic acids is 2. The Kier molecular flexibility index (Phi) is 4.57. The smallest absolute Gasteiger partial charge is 0.254 e. The molecule has 1 saturated heterocycles. The average molecular weight is 391 g/mol. The van der Waals surface area contributed by atoms with E-state index in [1.807, 2.05) is 35.4 Å². The molecule has 3 aliphatic rings. The van der Waals surface area contributed by atoms with Crippen LogP contribution >= 0.6 is 0 Å². The molecule has 0 unspecified atom stereocenters. The summed E-state index contributed by atoms with van der Waals surface area (Å²) in [6.45, 7) is 2.74. The lowest BCUT2D eigenvalue weighted by Crippen LogP contribution is -2.45. The lowest BCUT2D eigenvalue weighted by Gasteiger charge is -2.37. The van der Waals surface area contributed by atoms with Gasteiger partial charge in [0, 0.05) is 49.2 Å². The lowest BCUT2D eigenvalue weighted by molar-refractivity contribution is 0.0565. The topological polar surface area (TPSA) is 75.8 Å². The predicted molar refractivity (Wildman–Crippen MR) is 109 cm³/mol. The van der Waals surface area contributed by atoms with E-state index in [1.54, 1.807) is 0 Å². The van der Waals surface area contributed by atoms with Gasteiger partial charge in [-0.2, -0.15) is 0 Å². The third-order valence-electron chi connectivity index (χ3n) is 6.39. The summed E-state index contributed by atoms with van der Waals surface area (Å²) < 4.78 is 5.32. The van der Waals surface area contributed by atoms with Gasteiger partial charge in [-0.15, -0.1) is 0 Å². The minimum Gasteiger partial charge on any atom is -0.360 e. The SMILES string of the molecule is C[C@H]1C[C@H](CC(=O)c2cc(C3CC3)on2)CCN1C(=O)c1ccc2c(c1)N=CC2. The highest BCUT2D eigenvalue weighted by molar-refractivity contribution is 5.96. The number of piperidine rings is 1. The van der Waals surface area contributed by atoms with E-state index in [0.29, 0.717) is 30.1 Å². The van der Waals surface area contributed by atoms with E-state index >= 15 is 0 Å². The fraction of sp³-hybridized carbons (Fsp3) is 0.478. The minimum absolute atomic E-state index is 0.0501. The summed E-state index contributed by atoms with van der Waals surface area (Å²) in [5, 5.41) is 3.97. The third-order valence-corrected chi connectivity index (χ3v) is 6.39. The summed E-state index contributed by atoms with van der Waals surface area (Å²) in [5.41, 5.74) is 3.22. The Morgan fingerprint density at radius 1 is 1.21 bits per heavy atom. The van der Waals surface area contributed by atoms with Crippen LogP contribution in [0.5, 0.6) is 0 Å². The molecule has 0 radical (unpaired) electrons. The second kappa shape index (κ2) is 7.25. The summed E-state index contributed by atoms with van der Waals surface area (Å²) in [7, 11) is 0. The van der Waals surface area contributed by atoms with Gasteiger partial charge >= 0.3 is 0 Å². The van der Waals surface area contributed by atoms with Gasteiger partial charge in [-0.3, -0.25) is 14.6 Å². The van der Waals surface area contributed by atoms with Crippen molar-refractivity contribution in [2.45, 2.75) is 57.4 Å². The number of amides is 1. The van der Waals surface area contributed by atoms with Crippen LogP contribution in [0.3, 0.4) is 0 Å². The van der Waals surface area contributed by atoms with Crippen LogP contribution in [0.4, 0.5) is 5.69 Å². The molecule has 5 rings (SSSR count). The first-order valence-corrected chi connectivity index (χ1v) is 10.5. The highest BCUT2D eigenvalue weighted by Gasteiger charge is 2.32. The van der Waals surface area contributed by atoms with Crippen LogP contribution in [-0.4, -0.2) is 40.5 Å². The molecule has 150 valence electrons. The second-order valence-electron chi connectivity index (χ2n) is 8.61. The number of fused-ring (bicyclic) bond motifs is 1. The number of likely N-dealkylation sites (tertiary alicyclic amines) is 1. The number of aliphatic imine (C=N–C) groups is 1. The zero-order valence-corrected chi connectivity index (χ0v) is 16.6. The quantitative estimate of drug-likeness (QED) is 0.711. The van der Waals surface area contributed by atoms with E-state index in [0.717, 1.165) is 43.6 Å². The van der Waals surface area contributed by atoms with Gasteiger partial charge in [0.05, 0.1) is 5.69 Å². The molecule has 1 saturated carbocycles. The van der Waals surface area contributed by atoms with Gasteiger partial charge in [0.15, 0.2) is 5.78 Å². The molecule has 3 heterocycles. The van der Waals surface area contributed by atoms with Gasteiger partial charge in [0.1, 0.15) is 11.5 Å². The Morgan fingerprint density at radius 3 is 2.86 bits per heavy atom. The molecule has 2 fully saturated rings. The predicted octanol–water partition coefficient (Wildman–Crippen LogP) is 4.32. The molecular weight excluding hydrogens is 366 g/mol. The van der Waals surface area contributed by atoms with Crippen LogP contribution < -0.4 is 0 Å². The zero-order chi connectivity index (χ0) is 20.0. The minimum atomic E-state index is 0.0501. The molecule has 29 heavy (non-hydrogen) atoms. The number of carbonyl (C=O) groups is 2. The van der Waals surface area contributed by atoms with Gasteiger partial charge < -0.3 is 9.42 Å². The molecule has 6 nitrogen and oxygen atoms in total. The van der Waals surface area contributed by atoms with Crippen molar-refractivity contribution in [2.24, 2.45) is 10.9 Å².